The van der Waals surface area contributed by atoms with E-state index in [9.17, 15) is 5.11 Å². The van der Waals surface area contributed by atoms with Crippen LogP contribution in [0.3, 0.4) is 0 Å². The number of nitrogens with one attached hydrogen (secondary N) is 1. The van der Waals surface area contributed by atoms with E-state index >= 15 is 0 Å². The first-order chi connectivity index (χ1) is 8.16. The highest BCUT2D eigenvalue weighted by atomic mass is 32.2. The molecule has 2 nitrogen and oxygen atoms in total. The maximum Gasteiger partial charge on any atom is 0.0526 e. The molecule has 0 saturated heterocycles. The lowest BCUT2D eigenvalue weighted by Crippen LogP contribution is -2.35. The molecule has 1 aromatic rings. The second kappa shape index (κ2) is 5.89. The summed E-state index contributed by atoms with van der Waals surface area (Å²) in [5.41, 5.74) is 2.88. The molecule has 17 heavy (non-hydrogen) atoms. The van der Waals surface area contributed by atoms with E-state index in [4.69, 9.17) is 0 Å². The van der Waals surface area contributed by atoms with Crippen molar-refractivity contribution in [3.63, 3.8) is 0 Å². The van der Waals surface area contributed by atoms with Crippen LogP contribution in [-0.4, -0.2) is 23.0 Å². The van der Waals surface area contributed by atoms with Crippen molar-refractivity contribution in [2.75, 3.05) is 5.75 Å². The summed E-state index contributed by atoms with van der Waals surface area (Å²) in [6.07, 6.45) is 0.576. The van der Waals surface area contributed by atoms with Gasteiger partial charge in [-0.3, -0.25) is 0 Å². The first-order valence-corrected chi connectivity index (χ1v) is 7.42. The van der Waals surface area contributed by atoms with Crippen LogP contribution in [-0.2, 0) is 5.75 Å². The molecular formula is C14H21NOS. The number of hydrogen-bond donors (Lipinski definition) is 2. The molecule has 0 bridgehead atoms. The van der Waals surface area contributed by atoms with Crippen LogP contribution >= 0.6 is 11.8 Å². The molecule has 1 aliphatic rings. The van der Waals surface area contributed by atoms with E-state index < -0.39 is 0 Å². The minimum absolute atomic E-state index is 0.232. The van der Waals surface area contributed by atoms with Gasteiger partial charge in [-0.25, -0.2) is 0 Å². The molecule has 1 aromatic carbocycles. The number of benzene rings is 1. The smallest absolute Gasteiger partial charge is 0.0526 e. The van der Waals surface area contributed by atoms with Crippen molar-refractivity contribution >= 4 is 11.8 Å². The summed E-state index contributed by atoms with van der Waals surface area (Å²) in [6.45, 7) is 4.00. The van der Waals surface area contributed by atoms with Crippen LogP contribution in [0, 0.1) is 0 Å². The third kappa shape index (κ3) is 3.47. The number of hydrogen-bond acceptors (Lipinski definition) is 3. The van der Waals surface area contributed by atoms with Crippen LogP contribution in [0.5, 0.6) is 0 Å². The largest absolute Gasteiger partial charge is 0.393 e. The van der Waals surface area contributed by atoms with Gasteiger partial charge in [-0.05, 0) is 31.4 Å². The number of rotatable bonds is 4. The van der Waals surface area contributed by atoms with E-state index in [-0.39, 0.29) is 6.10 Å². The van der Waals surface area contributed by atoms with Gasteiger partial charge >= 0.3 is 0 Å². The monoisotopic (exact) mass is 251 g/mol. The molecule has 0 saturated carbocycles. The molecule has 0 amide bonds. The number of thioether (sulfide) groups is 1. The topological polar surface area (TPSA) is 32.3 Å². The van der Waals surface area contributed by atoms with E-state index in [2.05, 4.69) is 36.5 Å². The minimum Gasteiger partial charge on any atom is -0.393 e. The number of aliphatic hydroxyl groups excluding tert-OH is 1. The molecule has 0 fully saturated rings. The average molecular weight is 251 g/mol. The Hall–Kier alpha value is -0.510. The molecule has 94 valence electrons. The van der Waals surface area contributed by atoms with Crippen molar-refractivity contribution < 1.29 is 5.11 Å². The fraction of sp³-hybridized carbons (Fsp3) is 0.571. The van der Waals surface area contributed by atoms with Crippen molar-refractivity contribution in [1.29, 1.82) is 0 Å². The highest BCUT2D eigenvalue weighted by molar-refractivity contribution is 7.98. The molecule has 3 atom stereocenters. The summed E-state index contributed by atoms with van der Waals surface area (Å²) in [7, 11) is 0. The molecule has 0 aliphatic carbocycles. The summed E-state index contributed by atoms with van der Waals surface area (Å²) in [4.78, 5) is 0. The Labute approximate surface area is 108 Å². The van der Waals surface area contributed by atoms with Gasteiger partial charge in [0.1, 0.15) is 0 Å². The Morgan fingerprint density at radius 2 is 2.18 bits per heavy atom. The molecule has 2 rings (SSSR count). The van der Waals surface area contributed by atoms with E-state index in [0.29, 0.717) is 12.1 Å². The maximum atomic E-state index is 9.40. The molecule has 1 aliphatic heterocycles. The van der Waals surface area contributed by atoms with Crippen molar-refractivity contribution in [3.8, 4) is 0 Å². The van der Waals surface area contributed by atoms with Gasteiger partial charge in [0.2, 0.25) is 0 Å². The molecule has 3 unspecified atom stereocenters. The second-order valence-corrected chi connectivity index (χ2v) is 5.95. The maximum absolute atomic E-state index is 9.40. The number of aliphatic hydroxyl groups is 1. The van der Waals surface area contributed by atoms with Gasteiger partial charge < -0.3 is 10.4 Å². The molecule has 1 heterocycles. The quantitative estimate of drug-likeness (QED) is 0.863. The van der Waals surface area contributed by atoms with Gasteiger partial charge in [0, 0.05) is 23.6 Å². The lowest BCUT2D eigenvalue weighted by atomic mass is 10.0. The zero-order valence-electron chi connectivity index (χ0n) is 10.5. The number of fused-ring (bicyclic) bond motifs is 1. The zero-order chi connectivity index (χ0) is 12.3. The average Bonchev–Trinajstić information content (AvgIpc) is 2.28. The fourth-order valence-electron chi connectivity index (χ4n) is 2.44. The molecular weight excluding hydrogens is 230 g/mol. The predicted molar refractivity (Wildman–Crippen MR) is 74.2 cm³/mol. The van der Waals surface area contributed by atoms with Crippen LogP contribution in [0.4, 0.5) is 0 Å². The van der Waals surface area contributed by atoms with Gasteiger partial charge in [0.15, 0.2) is 0 Å². The van der Waals surface area contributed by atoms with E-state index in [0.717, 1.165) is 17.9 Å². The van der Waals surface area contributed by atoms with Gasteiger partial charge in [-0.1, -0.05) is 24.3 Å². The highest BCUT2D eigenvalue weighted by Gasteiger charge is 2.21. The normalized spacial score (nSPS) is 22.9. The minimum atomic E-state index is -0.232. The first kappa shape index (κ1) is 12.9. The molecule has 3 heteroatoms. The third-order valence-electron chi connectivity index (χ3n) is 3.15. The van der Waals surface area contributed by atoms with Gasteiger partial charge in [0.25, 0.3) is 0 Å². The lowest BCUT2D eigenvalue weighted by Gasteiger charge is -2.29. The molecule has 0 radical (unpaired) electrons. The van der Waals surface area contributed by atoms with Crippen LogP contribution in [0.25, 0.3) is 0 Å². The highest BCUT2D eigenvalue weighted by Crippen LogP contribution is 2.31. The van der Waals surface area contributed by atoms with E-state index in [1.807, 2.05) is 18.7 Å². The summed E-state index contributed by atoms with van der Waals surface area (Å²) in [6, 6.07) is 9.45. The van der Waals surface area contributed by atoms with Crippen LogP contribution in [0.2, 0.25) is 0 Å². The zero-order valence-corrected chi connectivity index (χ0v) is 11.3. The standard InChI is InChI=1S/C14H21NOS/c1-10(7-11(2)16)15-14-9-17-8-12-5-3-4-6-13(12)14/h3-6,10-11,14-16H,7-9H2,1-2H3. The summed E-state index contributed by atoms with van der Waals surface area (Å²) < 4.78 is 0. The first-order valence-electron chi connectivity index (χ1n) is 6.26. The Bertz CT molecular complexity index is 367. The van der Waals surface area contributed by atoms with E-state index in [1.54, 1.807) is 0 Å². The van der Waals surface area contributed by atoms with Gasteiger partial charge in [0.05, 0.1) is 6.10 Å². The van der Waals surface area contributed by atoms with Crippen molar-refractivity contribution in [3.05, 3.63) is 35.4 Å². The van der Waals surface area contributed by atoms with Gasteiger partial charge in [-0.2, -0.15) is 11.8 Å². The van der Waals surface area contributed by atoms with Crippen molar-refractivity contribution in [2.24, 2.45) is 0 Å². The Kier molecular flexibility index (Phi) is 4.48. The second-order valence-electron chi connectivity index (χ2n) is 4.92. The van der Waals surface area contributed by atoms with Crippen molar-refractivity contribution in [2.45, 2.75) is 44.2 Å². The van der Waals surface area contributed by atoms with E-state index in [1.165, 1.54) is 11.1 Å². The third-order valence-corrected chi connectivity index (χ3v) is 4.24. The fourth-order valence-corrected chi connectivity index (χ4v) is 3.56. The van der Waals surface area contributed by atoms with Crippen LogP contribution in [0.15, 0.2) is 24.3 Å². The lowest BCUT2D eigenvalue weighted by molar-refractivity contribution is 0.168. The molecule has 0 spiro atoms. The summed E-state index contributed by atoms with van der Waals surface area (Å²) in [5.74, 6) is 2.25. The SMILES string of the molecule is CC(O)CC(C)NC1CSCc2ccccc21. The predicted octanol–water partition coefficient (Wildman–Crippen LogP) is 2.72. The Morgan fingerprint density at radius 1 is 1.41 bits per heavy atom. The molecule has 2 N–H and O–H groups in total. The summed E-state index contributed by atoms with van der Waals surface area (Å²) in [5, 5.41) is 13.0. The van der Waals surface area contributed by atoms with Crippen LogP contribution < -0.4 is 5.32 Å². The summed E-state index contributed by atoms with van der Waals surface area (Å²) >= 11 is 1.98. The molecule has 0 aromatic heterocycles. The Morgan fingerprint density at radius 3 is 2.94 bits per heavy atom. The van der Waals surface area contributed by atoms with Gasteiger partial charge in [-0.15, -0.1) is 0 Å². The Balaban J connectivity index is 2.03. The van der Waals surface area contributed by atoms with Crippen LogP contribution in [0.1, 0.15) is 37.4 Å². The van der Waals surface area contributed by atoms with Crippen molar-refractivity contribution in [1.82, 2.24) is 5.32 Å².